The van der Waals surface area contributed by atoms with Crippen molar-refractivity contribution in [2.75, 3.05) is 0 Å². The fraction of sp³-hybridized carbons (Fsp3) is 0.500. The Morgan fingerprint density at radius 1 is 1.45 bits per heavy atom. The van der Waals surface area contributed by atoms with Crippen LogP contribution in [0.4, 0.5) is 0 Å². The van der Waals surface area contributed by atoms with E-state index in [1.807, 2.05) is 6.92 Å². The van der Waals surface area contributed by atoms with Gasteiger partial charge in [0.05, 0.1) is 0 Å². The molecule has 0 saturated heterocycles. The highest BCUT2D eigenvalue weighted by Gasteiger charge is 1.98. The second-order valence-electron chi connectivity index (χ2n) is 2.10. The minimum atomic E-state index is -0.592. The number of carbonyl (C=O) groups is 2. The first kappa shape index (κ1) is 9.88. The van der Waals surface area contributed by atoms with E-state index in [0.29, 0.717) is 0 Å². The number of rotatable bonds is 3. The minimum absolute atomic E-state index is 0.573. The molecule has 0 saturated carbocycles. The lowest BCUT2D eigenvalue weighted by Gasteiger charge is -1.91. The third kappa shape index (κ3) is 6.77. The van der Waals surface area contributed by atoms with E-state index >= 15 is 0 Å². The standard InChI is InChI=1S/C8H12O3/c1-3-4-5-6-8(10)11-7(2)9/h5-6H,3-4H2,1-2H3/b6-5-. The van der Waals surface area contributed by atoms with Crippen LogP contribution >= 0.6 is 0 Å². The van der Waals surface area contributed by atoms with E-state index < -0.39 is 11.9 Å². The molecular formula is C8H12O3. The molecule has 0 aromatic carbocycles. The first-order chi connectivity index (χ1) is 5.16. The van der Waals surface area contributed by atoms with E-state index in [0.717, 1.165) is 12.8 Å². The van der Waals surface area contributed by atoms with Gasteiger partial charge in [-0.05, 0) is 6.42 Å². The van der Waals surface area contributed by atoms with Crippen molar-refractivity contribution in [1.82, 2.24) is 0 Å². The highest BCUT2D eigenvalue weighted by molar-refractivity contribution is 5.91. The number of ether oxygens (including phenoxy) is 1. The molecule has 62 valence electrons. The highest BCUT2D eigenvalue weighted by atomic mass is 16.6. The van der Waals surface area contributed by atoms with Crippen LogP contribution in [-0.4, -0.2) is 11.9 Å². The Bertz CT molecular complexity index is 170. The van der Waals surface area contributed by atoms with Crippen LogP contribution in [0.3, 0.4) is 0 Å². The molecule has 0 aliphatic heterocycles. The Hall–Kier alpha value is -1.12. The summed E-state index contributed by atoms with van der Waals surface area (Å²) in [5, 5.41) is 0. The summed E-state index contributed by atoms with van der Waals surface area (Å²) in [6.45, 7) is 3.20. The van der Waals surface area contributed by atoms with Crippen LogP contribution in [0.2, 0.25) is 0 Å². The van der Waals surface area contributed by atoms with Crippen LogP contribution < -0.4 is 0 Å². The van der Waals surface area contributed by atoms with Gasteiger partial charge in [0, 0.05) is 13.0 Å². The van der Waals surface area contributed by atoms with Gasteiger partial charge in [-0.1, -0.05) is 19.4 Å². The molecule has 0 bridgehead atoms. The molecule has 3 heteroatoms. The SMILES string of the molecule is CCC/C=C\C(=O)OC(C)=O. The second-order valence-corrected chi connectivity index (χ2v) is 2.10. The quantitative estimate of drug-likeness (QED) is 0.352. The Kier molecular flexibility index (Phi) is 5.07. The monoisotopic (exact) mass is 156 g/mol. The normalized spacial score (nSPS) is 10.0. The highest BCUT2D eigenvalue weighted by Crippen LogP contribution is 1.89. The van der Waals surface area contributed by atoms with Crippen molar-refractivity contribution in [2.45, 2.75) is 26.7 Å². The number of esters is 2. The lowest BCUT2D eigenvalue weighted by Crippen LogP contribution is -2.05. The summed E-state index contributed by atoms with van der Waals surface area (Å²) in [6, 6.07) is 0. The predicted molar refractivity (Wildman–Crippen MR) is 40.8 cm³/mol. The number of unbranched alkanes of at least 4 members (excludes halogenated alkanes) is 1. The number of carbonyl (C=O) groups excluding carboxylic acids is 2. The molecule has 11 heavy (non-hydrogen) atoms. The summed E-state index contributed by atoms with van der Waals surface area (Å²) >= 11 is 0. The molecule has 0 fully saturated rings. The third-order valence-electron chi connectivity index (χ3n) is 0.954. The van der Waals surface area contributed by atoms with Gasteiger partial charge in [0.1, 0.15) is 0 Å². The molecule has 0 N–H and O–H groups in total. The molecule has 0 atom stereocenters. The van der Waals surface area contributed by atoms with Crippen molar-refractivity contribution in [3.8, 4) is 0 Å². The van der Waals surface area contributed by atoms with E-state index in [1.165, 1.54) is 13.0 Å². The zero-order valence-electron chi connectivity index (χ0n) is 6.79. The summed E-state index contributed by atoms with van der Waals surface area (Å²) in [6.07, 6.45) is 4.76. The molecule has 3 nitrogen and oxygen atoms in total. The lowest BCUT2D eigenvalue weighted by molar-refractivity contribution is -0.154. The van der Waals surface area contributed by atoms with Gasteiger partial charge in [-0.3, -0.25) is 4.79 Å². The van der Waals surface area contributed by atoms with Crippen LogP contribution in [-0.2, 0) is 14.3 Å². The zero-order valence-corrected chi connectivity index (χ0v) is 6.79. The summed E-state index contributed by atoms with van der Waals surface area (Å²) < 4.78 is 4.23. The molecule has 0 radical (unpaired) electrons. The van der Waals surface area contributed by atoms with E-state index in [1.54, 1.807) is 6.08 Å². The molecule has 0 aliphatic rings. The van der Waals surface area contributed by atoms with Crippen molar-refractivity contribution in [3.05, 3.63) is 12.2 Å². The first-order valence-electron chi connectivity index (χ1n) is 3.55. The number of allylic oxidation sites excluding steroid dienone is 1. The van der Waals surface area contributed by atoms with Gasteiger partial charge < -0.3 is 4.74 Å². The van der Waals surface area contributed by atoms with Crippen molar-refractivity contribution in [3.63, 3.8) is 0 Å². The fourth-order valence-corrected chi connectivity index (χ4v) is 0.522. The molecule has 0 heterocycles. The van der Waals surface area contributed by atoms with Gasteiger partial charge in [-0.2, -0.15) is 0 Å². The lowest BCUT2D eigenvalue weighted by atomic mass is 10.3. The predicted octanol–water partition coefficient (Wildman–Crippen LogP) is 1.43. The molecule has 0 aromatic rings. The number of hydrogen-bond acceptors (Lipinski definition) is 3. The summed E-state index contributed by atoms with van der Waals surface area (Å²) in [4.78, 5) is 20.8. The van der Waals surface area contributed by atoms with E-state index in [2.05, 4.69) is 4.74 Å². The maximum absolute atomic E-state index is 10.6. The van der Waals surface area contributed by atoms with E-state index in [4.69, 9.17) is 0 Å². The maximum Gasteiger partial charge on any atom is 0.338 e. The smallest absolute Gasteiger partial charge is 0.338 e. The topological polar surface area (TPSA) is 43.4 Å². The molecule has 0 amide bonds. The van der Waals surface area contributed by atoms with Gasteiger partial charge in [0.2, 0.25) is 0 Å². The van der Waals surface area contributed by atoms with Crippen LogP contribution in [0.25, 0.3) is 0 Å². The maximum atomic E-state index is 10.6. The van der Waals surface area contributed by atoms with Crippen LogP contribution in [0.5, 0.6) is 0 Å². The summed E-state index contributed by atoms with van der Waals surface area (Å²) in [5.41, 5.74) is 0. The Morgan fingerprint density at radius 2 is 2.09 bits per heavy atom. The first-order valence-corrected chi connectivity index (χ1v) is 3.55. The molecule has 0 aliphatic carbocycles. The second kappa shape index (κ2) is 5.65. The van der Waals surface area contributed by atoms with Gasteiger partial charge in [-0.25, -0.2) is 4.79 Å². The number of hydrogen-bond donors (Lipinski definition) is 0. The van der Waals surface area contributed by atoms with Gasteiger partial charge in [0.25, 0.3) is 0 Å². The van der Waals surface area contributed by atoms with Crippen molar-refractivity contribution in [2.24, 2.45) is 0 Å². The molecule has 0 spiro atoms. The third-order valence-corrected chi connectivity index (χ3v) is 0.954. The molecule has 0 rings (SSSR count). The fourth-order valence-electron chi connectivity index (χ4n) is 0.522. The van der Waals surface area contributed by atoms with Crippen LogP contribution in [0.15, 0.2) is 12.2 Å². The zero-order chi connectivity index (χ0) is 8.69. The Balaban J connectivity index is 3.60. The Labute approximate surface area is 66.0 Å². The van der Waals surface area contributed by atoms with Crippen molar-refractivity contribution >= 4 is 11.9 Å². The molecule has 0 unspecified atom stereocenters. The summed E-state index contributed by atoms with van der Waals surface area (Å²) in [5.74, 6) is -1.16. The minimum Gasteiger partial charge on any atom is -0.390 e. The van der Waals surface area contributed by atoms with Gasteiger partial charge >= 0.3 is 11.9 Å². The van der Waals surface area contributed by atoms with Gasteiger partial charge in [-0.15, -0.1) is 0 Å². The van der Waals surface area contributed by atoms with Crippen molar-refractivity contribution < 1.29 is 14.3 Å². The van der Waals surface area contributed by atoms with E-state index in [9.17, 15) is 9.59 Å². The van der Waals surface area contributed by atoms with Crippen LogP contribution in [0, 0.1) is 0 Å². The molecule has 0 aromatic heterocycles. The van der Waals surface area contributed by atoms with Crippen LogP contribution in [0.1, 0.15) is 26.7 Å². The average Bonchev–Trinajstić information content (AvgIpc) is 1.86. The average molecular weight is 156 g/mol. The van der Waals surface area contributed by atoms with Crippen molar-refractivity contribution in [1.29, 1.82) is 0 Å². The largest absolute Gasteiger partial charge is 0.390 e. The Morgan fingerprint density at radius 3 is 2.55 bits per heavy atom. The summed E-state index contributed by atoms with van der Waals surface area (Å²) in [7, 11) is 0. The van der Waals surface area contributed by atoms with Gasteiger partial charge in [0.15, 0.2) is 0 Å². The van der Waals surface area contributed by atoms with E-state index in [-0.39, 0.29) is 0 Å². The molecular weight excluding hydrogens is 144 g/mol.